The Morgan fingerprint density at radius 1 is 1.70 bits per heavy atom. The summed E-state index contributed by atoms with van der Waals surface area (Å²) >= 11 is 0. The monoisotopic (exact) mass is 143 g/mol. The van der Waals surface area contributed by atoms with Crippen molar-refractivity contribution >= 4 is 5.91 Å². The molecule has 0 spiro atoms. The van der Waals surface area contributed by atoms with E-state index in [1.807, 2.05) is 13.8 Å². The summed E-state index contributed by atoms with van der Waals surface area (Å²) in [5.74, 6) is 0.194. The van der Waals surface area contributed by atoms with Gasteiger partial charge in [0.05, 0.1) is 0 Å². The van der Waals surface area contributed by atoms with Gasteiger partial charge in [-0.05, 0) is 5.92 Å². The molecular formula is C7H13NO2. The minimum atomic E-state index is -0.771. The molecule has 0 bridgehead atoms. The largest absolute Gasteiger partial charge is 0.383 e. The quantitative estimate of drug-likeness (QED) is 0.538. The van der Waals surface area contributed by atoms with Crippen LogP contribution >= 0.6 is 0 Å². The van der Waals surface area contributed by atoms with Crippen LogP contribution in [0.5, 0.6) is 0 Å². The Hall–Kier alpha value is -0.570. The van der Waals surface area contributed by atoms with Gasteiger partial charge in [-0.25, -0.2) is 0 Å². The fourth-order valence-corrected chi connectivity index (χ4v) is 1.12. The Labute approximate surface area is 60.4 Å². The summed E-state index contributed by atoms with van der Waals surface area (Å²) in [4.78, 5) is 10.7. The maximum atomic E-state index is 10.7. The summed E-state index contributed by atoms with van der Waals surface area (Å²) < 4.78 is 0. The molecule has 0 unspecified atom stereocenters. The predicted molar refractivity (Wildman–Crippen MR) is 37.4 cm³/mol. The third-order valence-corrected chi connectivity index (χ3v) is 1.91. The van der Waals surface area contributed by atoms with E-state index in [4.69, 9.17) is 5.11 Å². The Balaban J connectivity index is 2.49. The molecule has 1 aliphatic rings. The van der Waals surface area contributed by atoms with Crippen molar-refractivity contribution in [2.45, 2.75) is 32.4 Å². The standard InChI is InChI=1S/C7H13NO2/c1-4(2)5-3-6(9)7(10)8-5/h4-6,9H,3H2,1-2H3,(H,8,10)/t5-,6-/m1/s1. The van der Waals surface area contributed by atoms with Gasteiger partial charge in [0.1, 0.15) is 6.10 Å². The van der Waals surface area contributed by atoms with E-state index in [0.717, 1.165) is 0 Å². The second kappa shape index (κ2) is 2.58. The summed E-state index contributed by atoms with van der Waals surface area (Å²) in [7, 11) is 0. The summed E-state index contributed by atoms with van der Waals surface area (Å²) in [6, 6.07) is 0.169. The van der Waals surface area contributed by atoms with Crippen molar-refractivity contribution in [2.75, 3.05) is 0 Å². The van der Waals surface area contributed by atoms with Crippen LogP contribution in [0.4, 0.5) is 0 Å². The highest BCUT2D eigenvalue weighted by Gasteiger charge is 2.31. The first-order valence-corrected chi connectivity index (χ1v) is 3.59. The van der Waals surface area contributed by atoms with Crippen molar-refractivity contribution in [1.82, 2.24) is 5.32 Å². The van der Waals surface area contributed by atoms with Gasteiger partial charge in [0.2, 0.25) is 5.91 Å². The summed E-state index contributed by atoms with van der Waals surface area (Å²) in [6.45, 7) is 4.06. The molecule has 0 aliphatic carbocycles. The molecule has 1 aliphatic heterocycles. The van der Waals surface area contributed by atoms with Crippen LogP contribution in [0.2, 0.25) is 0 Å². The van der Waals surface area contributed by atoms with Gasteiger partial charge in [-0.1, -0.05) is 13.8 Å². The smallest absolute Gasteiger partial charge is 0.249 e. The van der Waals surface area contributed by atoms with Crippen LogP contribution in [0.25, 0.3) is 0 Å². The fourth-order valence-electron chi connectivity index (χ4n) is 1.12. The van der Waals surface area contributed by atoms with Crippen LogP contribution in [0.3, 0.4) is 0 Å². The van der Waals surface area contributed by atoms with Crippen LogP contribution in [-0.4, -0.2) is 23.2 Å². The van der Waals surface area contributed by atoms with Crippen molar-refractivity contribution in [2.24, 2.45) is 5.92 Å². The Kier molecular flexibility index (Phi) is 1.94. The first-order valence-electron chi connectivity index (χ1n) is 3.59. The van der Waals surface area contributed by atoms with E-state index in [0.29, 0.717) is 12.3 Å². The van der Waals surface area contributed by atoms with E-state index in [2.05, 4.69) is 5.32 Å². The molecule has 1 amide bonds. The van der Waals surface area contributed by atoms with Gasteiger partial charge < -0.3 is 10.4 Å². The van der Waals surface area contributed by atoms with E-state index < -0.39 is 6.10 Å². The SMILES string of the molecule is CC(C)[C@H]1C[C@@H](O)C(=O)N1. The molecule has 58 valence electrons. The maximum absolute atomic E-state index is 10.7. The molecule has 0 saturated carbocycles. The molecule has 1 rings (SSSR count). The fraction of sp³-hybridized carbons (Fsp3) is 0.857. The first-order chi connectivity index (χ1) is 4.61. The van der Waals surface area contributed by atoms with Crippen molar-refractivity contribution in [3.63, 3.8) is 0 Å². The summed E-state index contributed by atoms with van der Waals surface area (Å²) in [6.07, 6.45) is -0.205. The number of aliphatic hydroxyl groups excluding tert-OH is 1. The van der Waals surface area contributed by atoms with Gasteiger partial charge in [0.25, 0.3) is 0 Å². The van der Waals surface area contributed by atoms with Crippen molar-refractivity contribution in [1.29, 1.82) is 0 Å². The van der Waals surface area contributed by atoms with E-state index in [1.54, 1.807) is 0 Å². The average molecular weight is 143 g/mol. The first kappa shape index (κ1) is 7.54. The maximum Gasteiger partial charge on any atom is 0.249 e. The lowest BCUT2D eigenvalue weighted by Gasteiger charge is -2.12. The van der Waals surface area contributed by atoms with Gasteiger partial charge in [-0.15, -0.1) is 0 Å². The number of carbonyl (C=O) groups excluding carboxylic acids is 1. The van der Waals surface area contributed by atoms with E-state index >= 15 is 0 Å². The highest BCUT2D eigenvalue weighted by molar-refractivity contribution is 5.83. The Bertz CT molecular complexity index is 145. The third kappa shape index (κ3) is 1.29. The summed E-state index contributed by atoms with van der Waals surface area (Å²) in [5.41, 5.74) is 0. The molecule has 0 radical (unpaired) electrons. The number of aliphatic hydroxyl groups is 1. The number of hydrogen-bond donors (Lipinski definition) is 2. The van der Waals surface area contributed by atoms with Crippen LogP contribution < -0.4 is 5.32 Å². The van der Waals surface area contributed by atoms with E-state index in [-0.39, 0.29) is 11.9 Å². The third-order valence-electron chi connectivity index (χ3n) is 1.91. The molecule has 2 atom stereocenters. The van der Waals surface area contributed by atoms with Gasteiger partial charge in [0, 0.05) is 12.5 Å². The van der Waals surface area contributed by atoms with E-state index in [9.17, 15) is 4.79 Å². The number of nitrogens with one attached hydrogen (secondary N) is 1. The minimum absolute atomic E-state index is 0.169. The van der Waals surface area contributed by atoms with Crippen molar-refractivity contribution in [3.05, 3.63) is 0 Å². The molecule has 3 heteroatoms. The molecule has 2 N–H and O–H groups in total. The predicted octanol–water partition coefficient (Wildman–Crippen LogP) is -0.108. The zero-order valence-corrected chi connectivity index (χ0v) is 6.29. The number of rotatable bonds is 1. The average Bonchev–Trinajstić information content (AvgIpc) is 2.13. The van der Waals surface area contributed by atoms with Crippen molar-refractivity contribution < 1.29 is 9.90 Å². The van der Waals surface area contributed by atoms with Crippen LogP contribution in [0, 0.1) is 5.92 Å². The van der Waals surface area contributed by atoms with E-state index in [1.165, 1.54) is 0 Å². The molecule has 0 aromatic heterocycles. The molecule has 0 aromatic rings. The zero-order valence-electron chi connectivity index (χ0n) is 6.29. The van der Waals surface area contributed by atoms with Crippen molar-refractivity contribution in [3.8, 4) is 0 Å². The molecule has 3 nitrogen and oxygen atoms in total. The molecule has 1 saturated heterocycles. The lowest BCUT2D eigenvalue weighted by molar-refractivity contribution is -0.126. The normalized spacial score (nSPS) is 33.0. The highest BCUT2D eigenvalue weighted by Crippen LogP contribution is 2.14. The lowest BCUT2D eigenvalue weighted by atomic mass is 10.0. The topological polar surface area (TPSA) is 49.3 Å². The van der Waals surface area contributed by atoms with Crippen LogP contribution in [0.1, 0.15) is 20.3 Å². The lowest BCUT2D eigenvalue weighted by Crippen LogP contribution is -2.30. The highest BCUT2D eigenvalue weighted by atomic mass is 16.3. The zero-order chi connectivity index (χ0) is 7.72. The molecule has 1 heterocycles. The van der Waals surface area contributed by atoms with Crippen LogP contribution in [-0.2, 0) is 4.79 Å². The Morgan fingerprint density at radius 2 is 2.30 bits per heavy atom. The minimum Gasteiger partial charge on any atom is -0.383 e. The van der Waals surface area contributed by atoms with Gasteiger partial charge in [-0.2, -0.15) is 0 Å². The number of hydrogen-bond acceptors (Lipinski definition) is 2. The summed E-state index contributed by atoms with van der Waals surface area (Å²) in [5, 5.41) is 11.7. The molecule has 0 aromatic carbocycles. The van der Waals surface area contributed by atoms with Gasteiger partial charge in [-0.3, -0.25) is 4.79 Å². The number of amides is 1. The molecule has 1 fully saturated rings. The van der Waals surface area contributed by atoms with Gasteiger partial charge >= 0.3 is 0 Å². The number of carbonyl (C=O) groups is 1. The Morgan fingerprint density at radius 3 is 2.50 bits per heavy atom. The molecule has 10 heavy (non-hydrogen) atoms. The van der Waals surface area contributed by atoms with Crippen LogP contribution in [0.15, 0.2) is 0 Å². The second-order valence-corrected chi connectivity index (χ2v) is 3.11. The molecular weight excluding hydrogens is 130 g/mol. The second-order valence-electron chi connectivity index (χ2n) is 3.11. The van der Waals surface area contributed by atoms with Gasteiger partial charge in [0.15, 0.2) is 0 Å².